The van der Waals surface area contributed by atoms with Crippen molar-refractivity contribution in [2.75, 3.05) is 0 Å². The lowest BCUT2D eigenvalue weighted by Crippen LogP contribution is -2.25. The number of hydrogen-bond donors (Lipinski definition) is 1. The Balaban J connectivity index is 1.85. The number of aromatic nitrogens is 2. The second-order valence-corrected chi connectivity index (χ2v) is 7.88. The molecule has 0 aliphatic carbocycles. The van der Waals surface area contributed by atoms with E-state index < -0.39 is 0 Å². The number of rotatable bonds is 4. The molecule has 0 amide bonds. The molecule has 0 aliphatic rings. The zero-order valence-corrected chi connectivity index (χ0v) is 17.2. The number of halogens is 2. The molecule has 1 heterocycles. The number of para-hydroxylation sites is 2. The van der Waals surface area contributed by atoms with E-state index in [2.05, 4.69) is 65.3 Å². The predicted octanol–water partition coefficient (Wildman–Crippen LogP) is 5.54. The molecular weight excluding hydrogens is 454 g/mol. The van der Waals surface area contributed by atoms with Crippen LogP contribution in [0.4, 0.5) is 0 Å². The Morgan fingerprint density at radius 3 is 1.42 bits per heavy atom. The first kappa shape index (κ1) is 17.3. The molecule has 1 aromatic heterocycles. The van der Waals surface area contributed by atoms with Gasteiger partial charge in [0.05, 0.1) is 24.1 Å². The highest BCUT2D eigenvalue weighted by Gasteiger charge is 2.13. The second kappa shape index (κ2) is 7.25. The van der Waals surface area contributed by atoms with Crippen molar-refractivity contribution in [2.24, 2.45) is 0 Å². The average Bonchev–Trinajstić information content (AvgIpc) is 2.91. The highest BCUT2D eigenvalue weighted by atomic mass is 79.9. The summed E-state index contributed by atoms with van der Waals surface area (Å²) in [4.78, 5) is 0. The van der Waals surface area contributed by atoms with Gasteiger partial charge in [0.25, 0.3) is 0 Å². The summed E-state index contributed by atoms with van der Waals surface area (Å²) in [7, 11) is 0. The maximum atomic E-state index is 8.81. The number of nitrogens with one attached hydrogen (secondary N) is 1. The molecule has 0 fully saturated rings. The monoisotopic (exact) mass is 469 g/mol. The lowest BCUT2D eigenvalue weighted by molar-refractivity contribution is 0.662. The second-order valence-electron chi connectivity index (χ2n) is 6.17. The molecule has 0 saturated carbocycles. The summed E-state index contributed by atoms with van der Waals surface area (Å²) in [5.74, 6) is 0. The van der Waals surface area contributed by atoms with Gasteiger partial charge in [-0.05, 0) is 35.4 Å². The molecule has 5 heteroatoms. The SMILES string of the molecule is N=c1n(Cc2ccccc2Br)c2ccccc2n1Cc1ccccc1Br. The van der Waals surface area contributed by atoms with E-state index in [4.69, 9.17) is 5.41 Å². The quantitative estimate of drug-likeness (QED) is 0.406. The lowest BCUT2D eigenvalue weighted by atomic mass is 10.2. The maximum absolute atomic E-state index is 8.81. The number of nitrogens with zero attached hydrogens (tertiary/aromatic N) is 2. The van der Waals surface area contributed by atoms with Gasteiger partial charge < -0.3 is 9.13 Å². The van der Waals surface area contributed by atoms with Gasteiger partial charge in [-0.25, -0.2) is 0 Å². The smallest absolute Gasteiger partial charge is 0.203 e. The summed E-state index contributed by atoms with van der Waals surface area (Å²) in [6, 6.07) is 24.6. The van der Waals surface area contributed by atoms with Gasteiger partial charge in [0.2, 0.25) is 5.62 Å². The van der Waals surface area contributed by atoms with E-state index in [-0.39, 0.29) is 0 Å². The molecule has 3 nitrogen and oxygen atoms in total. The van der Waals surface area contributed by atoms with Crippen molar-refractivity contribution < 1.29 is 0 Å². The van der Waals surface area contributed by atoms with Gasteiger partial charge in [-0.1, -0.05) is 80.4 Å². The number of benzene rings is 3. The molecule has 4 aromatic rings. The number of imidazole rings is 1. The minimum absolute atomic E-state index is 0.498. The standard InChI is InChI=1S/C21H17Br2N3/c22-17-9-3-1-7-15(17)13-25-19-11-5-6-12-20(19)26(21(25)24)14-16-8-2-4-10-18(16)23/h1-12,24H,13-14H2. The van der Waals surface area contributed by atoms with Crippen LogP contribution >= 0.6 is 31.9 Å². The predicted molar refractivity (Wildman–Crippen MR) is 112 cm³/mol. The fraction of sp³-hybridized carbons (Fsp3) is 0.0952. The van der Waals surface area contributed by atoms with Gasteiger partial charge in [-0.3, -0.25) is 5.41 Å². The van der Waals surface area contributed by atoms with Crippen LogP contribution in [-0.2, 0) is 13.1 Å². The van der Waals surface area contributed by atoms with Crippen molar-refractivity contribution in [3.8, 4) is 0 Å². The molecule has 0 aliphatic heterocycles. The third kappa shape index (κ3) is 3.17. The summed E-state index contributed by atoms with van der Waals surface area (Å²) in [6.07, 6.45) is 0. The van der Waals surface area contributed by atoms with Crippen LogP contribution in [0.25, 0.3) is 11.0 Å². The van der Waals surface area contributed by atoms with Crippen LogP contribution in [0.15, 0.2) is 81.7 Å². The number of fused-ring (bicyclic) bond motifs is 1. The Kier molecular flexibility index (Phi) is 4.83. The van der Waals surface area contributed by atoms with Crippen LogP contribution in [0.3, 0.4) is 0 Å². The largest absolute Gasteiger partial charge is 0.306 e. The first-order chi connectivity index (χ1) is 12.6. The summed E-state index contributed by atoms with van der Waals surface area (Å²) in [6.45, 7) is 1.31. The van der Waals surface area contributed by atoms with Crippen molar-refractivity contribution in [3.63, 3.8) is 0 Å². The molecule has 0 bridgehead atoms. The molecule has 0 saturated heterocycles. The third-order valence-electron chi connectivity index (χ3n) is 4.55. The van der Waals surface area contributed by atoms with Crippen molar-refractivity contribution >= 4 is 42.9 Å². The van der Waals surface area contributed by atoms with Crippen LogP contribution in [0.5, 0.6) is 0 Å². The van der Waals surface area contributed by atoms with Gasteiger partial charge >= 0.3 is 0 Å². The van der Waals surface area contributed by atoms with E-state index >= 15 is 0 Å². The minimum Gasteiger partial charge on any atom is -0.306 e. The molecule has 0 radical (unpaired) electrons. The van der Waals surface area contributed by atoms with Crippen LogP contribution in [0.2, 0.25) is 0 Å². The Morgan fingerprint density at radius 1 is 0.615 bits per heavy atom. The number of hydrogen-bond acceptors (Lipinski definition) is 1. The summed E-state index contributed by atoms with van der Waals surface area (Å²) >= 11 is 7.25. The van der Waals surface area contributed by atoms with Crippen LogP contribution in [0.1, 0.15) is 11.1 Å². The molecule has 130 valence electrons. The molecule has 0 spiro atoms. The zero-order chi connectivity index (χ0) is 18.1. The normalized spacial score (nSPS) is 11.2. The van der Waals surface area contributed by atoms with E-state index in [1.165, 1.54) is 0 Å². The minimum atomic E-state index is 0.498. The molecule has 3 aromatic carbocycles. The molecule has 1 N–H and O–H groups in total. The van der Waals surface area contributed by atoms with Gasteiger partial charge in [0.1, 0.15) is 0 Å². The Bertz CT molecular complexity index is 1050. The summed E-state index contributed by atoms with van der Waals surface area (Å²) < 4.78 is 6.25. The first-order valence-electron chi connectivity index (χ1n) is 8.34. The fourth-order valence-corrected chi connectivity index (χ4v) is 4.03. The molecule has 4 rings (SSSR count). The maximum Gasteiger partial charge on any atom is 0.203 e. The topological polar surface area (TPSA) is 33.7 Å². The van der Waals surface area contributed by atoms with Crippen LogP contribution in [0, 0.1) is 5.41 Å². The van der Waals surface area contributed by atoms with Gasteiger partial charge in [-0.2, -0.15) is 0 Å². The molecule has 0 unspecified atom stereocenters. The Hall–Kier alpha value is -2.11. The highest BCUT2D eigenvalue weighted by Crippen LogP contribution is 2.22. The van der Waals surface area contributed by atoms with Crippen molar-refractivity contribution in [1.82, 2.24) is 9.13 Å². The van der Waals surface area contributed by atoms with Crippen molar-refractivity contribution in [1.29, 1.82) is 5.41 Å². The van der Waals surface area contributed by atoms with Gasteiger partial charge in [-0.15, -0.1) is 0 Å². The third-order valence-corrected chi connectivity index (χ3v) is 6.09. The van der Waals surface area contributed by atoms with Crippen LogP contribution in [-0.4, -0.2) is 9.13 Å². The Morgan fingerprint density at radius 2 is 1.00 bits per heavy atom. The van der Waals surface area contributed by atoms with Gasteiger partial charge in [0, 0.05) is 8.95 Å². The summed E-state index contributed by atoms with van der Waals surface area (Å²) in [5, 5.41) is 8.81. The lowest BCUT2D eigenvalue weighted by Gasteiger charge is -2.08. The molecule has 26 heavy (non-hydrogen) atoms. The first-order valence-corrected chi connectivity index (χ1v) is 9.93. The van der Waals surface area contributed by atoms with E-state index in [1.54, 1.807) is 0 Å². The van der Waals surface area contributed by atoms with E-state index in [9.17, 15) is 0 Å². The van der Waals surface area contributed by atoms with E-state index in [1.807, 2.05) is 48.5 Å². The van der Waals surface area contributed by atoms with E-state index in [0.717, 1.165) is 31.1 Å². The van der Waals surface area contributed by atoms with Crippen molar-refractivity contribution in [3.05, 3.63) is 98.5 Å². The fourth-order valence-electron chi connectivity index (χ4n) is 3.21. The average molecular weight is 471 g/mol. The highest BCUT2D eigenvalue weighted by molar-refractivity contribution is 9.10. The van der Waals surface area contributed by atoms with Crippen LogP contribution < -0.4 is 5.62 Å². The molecule has 0 atom stereocenters. The zero-order valence-electron chi connectivity index (χ0n) is 14.0. The molecular formula is C21H17Br2N3. The summed E-state index contributed by atoms with van der Waals surface area (Å²) in [5.41, 5.74) is 4.96. The van der Waals surface area contributed by atoms with Crippen molar-refractivity contribution in [2.45, 2.75) is 13.1 Å². The Labute approximate surface area is 168 Å². The van der Waals surface area contributed by atoms with Gasteiger partial charge in [0.15, 0.2) is 0 Å². The van der Waals surface area contributed by atoms with E-state index in [0.29, 0.717) is 18.7 Å².